The molecule has 0 bridgehead atoms. The van der Waals surface area contributed by atoms with Crippen LogP contribution in [0.3, 0.4) is 0 Å². The number of anilines is 1. The lowest BCUT2D eigenvalue weighted by molar-refractivity contribution is -0.123. The first-order valence-electron chi connectivity index (χ1n) is 4.66. The standard InChI is InChI=1S/C10H12N4O/c1-10(2)5-12-8-7(4-11-6-13-8)14(3)9(10)15/h4-6H,1-3H3. The van der Waals surface area contributed by atoms with E-state index in [2.05, 4.69) is 15.0 Å². The van der Waals surface area contributed by atoms with Crippen molar-refractivity contribution in [3.8, 4) is 0 Å². The number of hydrogen-bond acceptors (Lipinski definition) is 4. The molecule has 0 saturated carbocycles. The van der Waals surface area contributed by atoms with Crippen LogP contribution in [0.2, 0.25) is 0 Å². The van der Waals surface area contributed by atoms with Crippen LogP contribution in [0.15, 0.2) is 17.5 Å². The van der Waals surface area contributed by atoms with Crippen molar-refractivity contribution in [2.75, 3.05) is 11.9 Å². The van der Waals surface area contributed by atoms with Crippen LogP contribution in [-0.2, 0) is 4.79 Å². The predicted molar refractivity (Wildman–Crippen MR) is 57.4 cm³/mol. The summed E-state index contributed by atoms with van der Waals surface area (Å²) in [6.45, 7) is 3.66. The van der Waals surface area contributed by atoms with Crippen molar-refractivity contribution in [3.63, 3.8) is 0 Å². The summed E-state index contributed by atoms with van der Waals surface area (Å²) in [6, 6.07) is 0. The fourth-order valence-electron chi connectivity index (χ4n) is 1.47. The van der Waals surface area contributed by atoms with E-state index in [-0.39, 0.29) is 5.91 Å². The second-order valence-electron chi connectivity index (χ2n) is 4.08. The first-order valence-corrected chi connectivity index (χ1v) is 4.66. The highest BCUT2D eigenvalue weighted by molar-refractivity contribution is 6.09. The van der Waals surface area contributed by atoms with Gasteiger partial charge in [0.05, 0.1) is 11.6 Å². The normalized spacial score (nSPS) is 18.6. The van der Waals surface area contributed by atoms with Gasteiger partial charge in [0.2, 0.25) is 5.91 Å². The fourth-order valence-corrected chi connectivity index (χ4v) is 1.47. The summed E-state index contributed by atoms with van der Waals surface area (Å²) in [5.74, 6) is 0.520. The quantitative estimate of drug-likeness (QED) is 0.637. The van der Waals surface area contributed by atoms with Crippen molar-refractivity contribution in [2.24, 2.45) is 10.4 Å². The van der Waals surface area contributed by atoms with Gasteiger partial charge in [-0.2, -0.15) is 0 Å². The highest BCUT2D eigenvalue weighted by Crippen LogP contribution is 2.31. The molecule has 0 radical (unpaired) electrons. The minimum Gasteiger partial charge on any atom is -0.310 e. The van der Waals surface area contributed by atoms with Gasteiger partial charge >= 0.3 is 0 Å². The SMILES string of the molecule is CN1C(=O)C(C)(C)C=Nc2ncncc21. The summed E-state index contributed by atoms with van der Waals surface area (Å²) < 4.78 is 0. The summed E-state index contributed by atoms with van der Waals surface area (Å²) in [4.78, 5) is 25.7. The maximum absolute atomic E-state index is 12.0. The number of aliphatic imine (C=N–C) groups is 1. The molecule has 1 amide bonds. The molecular weight excluding hydrogens is 192 g/mol. The fraction of sp³-hybridized carbons (Fsp3) is 0.400. The Labute approximate surface area is 87.9 Å². The number of carbonyl (C=O) groups excluding carboxylic acids is 1. The summed E-state index contributed by atoms with van der Waals surface area (Å²) in [6.07, 6.45) is 4.65. The van der Waals surface area contributed by atoms with E-state index in [9.17, 15) is 4.79 Å². The molecule has 0 aromatic carbocycles. The largest absolute Gasteiger partial charge is 0.310 e. The van der Waals surface area contributed by atoms with Gasteiger partial charge in [-0.1, -0.05) is 0 Å². The summed E-state index contributed by atoms with van der Waals surface area (Å²) in [7, 11) is 1.71. The van der Waals surface area contributed by atoms with E-state index in [0.717, 1.165) is 0 Å². The molecule has 5 nitrogen and oxygen atoms in total. The van der Waals surface area contributed by atoms with Crippen LogP contribution >= 0.6 is 0 Å². The Bertz CT molecular complexity index is 439. The van der Waals surface area contributed by atoms with E-state index in [4.69, 9.17) is 0 Å². The van der Waals surface area contributed by atoms with Gasteiger partial charge in [-0.05, 0) is 13.8 Å². The predicted octanol–water partition coefficient (Wildman–Crippen LogP) is 1.18. The molecule has 1 aliphatic heterocycles. The number of nitrogens with zero attached hydrogens (tertiary/aromatic N) is 4. The third-order valence-electron chi connectivity index (χ3n) is 2.40. The van der Waals surface area contributed by atoms with Crippen molar-refractivity contribution in [1.82, 2.24) is 9.97 Å². The van der Waals surface area contributed by atoms with Crippen LogP contribution in [0.5, 0.6) is 0 Å². The van der Waals surface area contributed by atoms with Gasteiger partial charge in [-0.3, -0.25) is 4.79 Å². The number of amides is 1. The molecule has 5 heteroatoms. The first-order chi connectivity index (χ1) is 7.02. The molecule has 0 unspecified atom stereocenters. The molecule has 2 heterocycles. The minimum atomic E-state index is -0.602. The monoisotopic (exact) mass is 204 g/mol. The second kappa shape index (κ2) is 3.12. The number of rotatable bonds is 0. The van der Waals surface area contributed by atoms with Gasteiger partial charge in [0.25, 0.3) is 0 Å². The average Bonchev–Trinajstić information content (AvgIpc) is 2.31. The lowest BCUT2D eigenvalue weighted by Gasteiger charge is -2.23. The molecule has 0 saturated heterocycles. The zero-order valence-electron chi connectivity index (χ0n) is 8.93. The summed E-state index contributed by atoms with van der Waals surface area (Å²) in [5.41, 5.74) is 0.0412. The van der Waals surface area contributed by atoms with Gasteiger partial charge < -0.3 is 4.90 Å². The molecule has 1 aliphatic rings. The highest BCUT2D eigenvalue weighted by Gasteiger charge is 2.32. The van der Waals surface area contributed by atoms with Crippen LogP contribution in [0.4, 0.5) is 11.5 Å². The highest BCUT2D eigenvalue weighted by atomic mass is 16.2. The van der Waals surface area contributed by atoms with Gasteiger partial charge in [0.15, 0.2) is 5.82 Å². The zero-order chi connectivity index (χ0) is 11.1. The smallest absolute Gasteiger partial charge is 0.237 e. The average molecular weight is 204 g/mol. The molecule has 78 valence electrons. The number of fused-ring (bicyclic) bond motifs is 1. The molecule has 0 N–H and O–H groups in total. The number of carbonyl (C=O) groups is 1. The molecule has 15 heavy (non-hydrogen) atoms. The van der Waals surface area contributed by atoms with E-state index in [1.165, 1.54) is 6.33 Å². The van der Waals surface area contributed by atoms with E-state index in [1.807, 2.05) is 13.8 Å². The van der Waals surface area contributed by atoms with Crippen molar-refractivity contribution >= 4 is 23.6 Å². The van der Waals surface area contributed by atoms with E-state index >= 15 is 0 Å². The van der Waals surface area contributed by atoms with Crippen molar-refractivity contribution < 1.29 is 4.79 Å². The number of aromatic nitrogens is 2. The van der Waals surface area contributed by atoms with Crippen LogP contribution in [-0.4, -0.2) is 29.1 Å². The zero-order valence-corrected chi connectivity index (χ0v) is 8.93. The van der Waals surface area contributed by atoms with Gasteiger partial charge in [0.1, 0.15) is 12.0 Å². The summed E-state index contributed by atoms with van der Waals surface area (Å²) >= 11 is 0. The Morgan fingerprint density at radius 2 is 2.13 bits per heavy atom. The molecule has 0 atom stereocenters. The van der Waals surface area contributed by atoms with Crippen LogP contribution < -0.4 is 4.90 Å². The molecular formula is C10H12N4O. The Balaban J connectivity index is 2.58. The molecule has 0 spiro atoms. The Hall–Kier alpha value is -1.78. The second-order valence-corrected chi connectivity index (χ2v) is 4.08. The minimum absolute atomic E-state index is 0.0141. The van der Waals surface area contributed by atoms with Gasteiger partial charge in [-0.15, -0.1) is 0 Å². The van der Waals surface area contributed by atoms with Crippen LogP contribution in [0, 0.1) is 5.41 Å². The first kappa shape index (κ1) is 9.76. The number of hydrogen-bond donors (Lipinski definition) is 0. The third kappa shape index (κ3) is 1.49. The molecule has 2 rings (SSSR count). The third-order valence-corrected chi connectivity index (χ3v) is 2.40. The molecule has 1 aromatic heterocycles. The van der Waals surface area contributed by atoms with Gasteiger partial charge in [-0.25, -0.2) is 15.0 Å². The molecule has 0 fully saturated rings. The molecule has 0 aliphatic carbocycles. The Morgan fingerprint density at radius 1 is 1.40 bits per heavy atom. The van der Waals surface area contributed by atoms with Crippen LogP contribution in [0.1, 0.15) is 13.8 Å². The van der Waals surface area contributed by atoms with E-state index < -0.39 is 5.41 Å². The van der Waals surface area contributed by atoms with E-state index in [1.54, 1.807) is 24.4 Å². The maximum Gasteiger partial charge on any atom is 0.237 e. The van der Waals surface area contributed by atoms with Crippen molar-refractivity contribution in [3.05, 3.63) is 12.5 Å². The maximum atomic E-state index is 12.0. The van der Waals surface area contributed by atoms with Crippen molar-refractivity contribution in [2.45, 2.75) is 13.8 Å². The summed E-state index contributed by atoms with van der Waals surface area (Å²) in [5, 5.41) is 0. The van der Waals surface area contributed by atoms with Crippen molar-refractivity contribution in [1.29, 1.82) is 0 Å². The molecule has 1 aromatic rings. The lowest BCUT2D eigenvalue weighted by atomic mass is 9.94. The van der Waals surface area contributed by atoms with Crippen LogP contribution in [0.25, 0.3) is 0 Å². The lowest BCUT2D eigenvalue weighted by Crippen LogP contribution is -2.38. The van der Waals surface area contributed by atoms with E-state index in [0.29, 0.717) is 11.5 Å². The van der Waals surface area contributed by atoms with Gasteiger partial charge in [0, 0.05) is 13.3 Å². The topological polar surface area (TPSA) is 58.5 Å². The Morgan fingerprint density at radius 3 is 2.87 bits per heavy atom. The Kier molecular flexibility index (Phi) is 2.03.